The van der Waals surface area contributed by atoms with Gasteiger partial charge in [-0.1, -0.05) is 62.4 Å². The summed E-state index contributed by atoms with van der Waals surface area (Å²) in [5.74, 6) is 1.23. The predicted octanol–water partition coefficient (Wildman–Crippen LogP) is 3.94. The maximum absolute atomic E-state index is 13.2. The molecule has 0 spiro atoms. The summed E-state index contributed by atoms with van der Waals surface area (Å²) in [6.45, 7) is 3.59. The highest BCUT2D eigenvalue weighted by Gasteiger charge is 2.33. The second-order valence-electron chi connectivity index (χ2n) is 9.34. The van der Waals surface area contributed by atoms with Crippen molar-refractivity contribution in [3.63, 3.8) is 0 Å². The summed E-state index contributed by atoms with van der Waals surface area (Å²) >= 11 is 0. The molecule has 1 aliphatic carbocycles. The van der Waals surface area contributed by atoms with E-state index in [-0.39, 0.29) is 24.0 Å². The van der Waals surface area contributed by atoms with Crippen LogP contribution in [0, 0.1) is 11.8 Å². The van der Waals surface area contributed by atoms with Gasteiger partial charge in [0.05, 0.1) is 6.61 Å². The van der Waals surface area contributed by atoms with Crippen LogP contribution in [0.3, 0.4) is 0 Å². The van der Waals surface area contributed by atoms with Gasteiger partial charge >= 0.3 is 0 Å². The number of ether oxygens (including phenoxy) is 3. The van der Waals surface area contributed by atoms with E-state index in [9.17, 15) is 4.79 Å². The Labute approximate surface area is 193 Å². The number of nitrogens with zero attached hydrogens (tertiary/aromatic N) is 1. The van der Waals surface area contributed by atoms with Crippen LogP contribution >= 0.6 is 0 Å². The fourth-order valence-electron chi connectivity index (χ4n) is 5.09. The van der Waals surface area contributed by atoms with Gasteiger partial charge in [-0.15, -0.1) is 0 Å². The number of hydrogen-bond acceptors (Lipinski definition) is 5. The third-order valence-corrected chi connectivity index (χ3v) is 6.89. The van der Waals surface area contributed by atoms with Crippen LogP contribution in [-0.4, -0.2) is 63.5 Å². The molecule has 0 bridgehead atoms. The summed E-state index contributed by atoms with van der Waals surface area (Å²) < 4.78 is 17.5. The largest absolute Gasteiger partial charge is 0.385 e. The van der Waals surface area contributed by atoms with E-state index in [0.717, 1.165) is 24.3 Å². The van der Waals surface area contributed by atoms with Crippen molar-refractivity contribution in [3.05, 3.63) is 35.9 Å². The lowest BCUT2D eigenvalue weighted by Gasteiger charge is -2.38. The van der Waals surface area contributed by atoms with Crippen LogP contribution in [0.25, 0.3) is 0 Å². The number of carbonyl (C=O) groups is 1. The van der Waals surface area contributed by atoms with E-state index < -0.39 is 0 Å². The SMILES string of the molecule is COCCCO[C@@H](c1ccccc1)[C@H]1CN(C(=O)C[C@H](CN)CC2CCCCC2)CCO1. The first-order valence-electron chi connectivity index (χ1n) is 12.5. The molecule has 0 aromatic heterocycles. The van der Waals surface area contributed by atoms with Crippen molar-refractivity contribution < 1.29 is 19.0 Å². The van der Waals surface area contributed by atoms with E-state index in [1.165, 1.54) is 32.1 Å². The maximum atomic E-state index is 13.2. The normalized spacial score (nSPS) is 21.9. The van der Waals surface area contributed by atoms with E-state index in [1.54, 1.807) is 7.11 Å². The maximum Gasteiger partial charge on any atom is 0.223 e. The number of nitrogens with two attached hydrogens (primary N) is 1. The Morgan fingerprint density at radius 3 is 2.69 bits per heavy atom. The third kappa shape index (κ3) is 7.84. The van der Waals surface area contributed by atoms with E-state index in [4.69, 9.17) is 19.9 Å². The van der Waals surface area contributed by atoms with Gasteiger partial charge in [0.25, 0.3) is 0 Å². The van der Waals surface area contributed by atoms with Crippen molar-refractivity contribution in [1.82, 2.24) is 4.90 Å². The van der Waals surface area contributed by atoms with Gasteiger partial charge in [-0.2, -0.15) is 0 Å². The van der Waals surface area contributed by atoms with E-state index in [2.05, 4.69) is 12.1 Å². The number of benzene rings is 1. The summed E-state index contributed by atoms with van der Waals surface area (Å²) in [7, 11) is 1.70. The van der Waals surface area contributed by atoms with Crippen LogP contribution in [-0.2, 0) is 19.0 Å². The molecule has 1 aromatic rings. The molecule has 2 aliphatic rings. The number of hydrogen-bond donors (Lipinski definition) is 1. The lowest BCUT2D eigenvalue weighted by molar-refractivity contribution is -0.149. The van der Waals surface area contributed by atoms with Crippen molar-refractivity contribution in [2.24, 2.45) is 17.6 Å². The molecule has 1 heterocycles. The smallest absolute Gasteiger partial charge is 0.223 e. The molecule has 180 valence electrons. The Balaban J connectivity index is 1.57. The van der Waals surface area contributed by atoms with Crippen LogP contribution in [0.15, 0.2) is 30.3 Å². The molecular weight excluding hydrogens is 404 g/mol. The lowest BCUT2D eigenvalue weighted by Crippen LogP contribution is -2.48. The summed E-state index contributed by atoms with van der Waals surface area (Å²) in [6, 6.07) is 10.2. The van der Waals surface area contributed by atoms with Gasteiger partial charge in [-0.3, -0.25) is 4.79 Å². The molecular formula is C26H42N2O4. The quantitative estimate of drug-likeness (QED) is 0.492. The molecule has 2 fully saturated rings. The number of rotatable bonds is 12. The Bertz CT molecular complexity index is 650. The van der Waals surface area contributed by atoms with Crippen molar-refractivity contribution in [2.45, 2.75) is 63.6 Å². The molecule has 1 amide bonds. The zero-order valence-corrected chi connectivity index (χ0v) is 19.8. The highest BCUT2D eigenvalue weighted by Crippen LogP contribution is 2.31. The predicted molar refractivity (Wildman–Crippen MR) is 126 cm³/mol. The molecule has 2 N–H and O–H groups in total. The van der Waals surface area contributed by atoms with Gasteiger partial charge in [0, 0.05) is 39.8 Å². The lowest BCUT2D eigenvalue weighted by atomic mass is 9.81. The molecule has 3 rings (SSSR count). The summed E-state index contributed by atoms with van der Waals surface area (Å²) in [5, 5.41) is 0. The summed E-state index contributed by atoms with van der Waals surface area (Å²) in [4.78, 5) is 15.1. The first kappa shape index (κ1) is 25.2. The van der Waals surface area contributed by atoms with Crippen LogP contribution in [0.1, 0.15) is 63.0 Å². The minimum absolute atomic E-state index is 0.174. The Kier molecular flexibility index (Phi) is 11.0. The highest BCUT2D eigenvalue weighted by molar-refractivity contribution is 5.76. The second kappa shape index (κ2) is 13.9. The minimum Gasteiger partial charge on any atom is -0.385 e. The molecule has 1 aliphatic heterocycles. The van der Waals surface area contributed by atoms with Gasteiger partial charge < -0.3 is 24.8 Å². The molecule has 0 unspecified atom stereocenters. The minimum atomic E-state index is -0.198. The number of methoxy groups -OCH3 is 1. The number of morpholine rings is 1. The average molecular weight is 447 g/mol. The van der Waals surface area contributed by atoms with E-state index in [1.807, 2.05) is 23.1 Å². The van der Waals surface area contributed by atoms with Crippen molar-refractivity contribution in [2.75, 3.05) is 46.6 Å². The van der Waals surface area contributed by atoms with Gasteiger partial charge in [-0.05, 0) is 36.8 Å². The van der Waals surface area contributed by atoms with Crippen molar-refractivity contribution in [1.29, 1.82) is 0 Å². The van der Waals surface area contributed by atoms with Crippen LogP contribution < -0.4 is 5.73 Å². The first-order valence-corrected chi connectivity index (χ1v) is 12.5. The molecule has 1 aromatic carbocycles. The number of amides is 1. The Morgan fingerprint density at radius 2 is 1.97 bits per heavy atom. The molecule has 1 saturated heterocycles. The monoisotopic (exact) mass is 446 g/mol. The molecule has 0 radical (unpaired) electrons. The van der Waals surface area contributed by atoms with Gasteiger partial charge in [0.2, 0.25) is 5.91 Å². The van der Waals surface area contributed by atoms with E-state index >= 15 is 0 Å². The van der Waals surface area contributed by atoms with Crippen LogP contribution in [0.4, 0.5) is 0 Å². The summed E-state index contributed by atoms with van der Waals surface area (Å²) in [5.41, 5.74) is 7.16. The topological polar surface area (TPSA) is 74.0 Å². The van der Waals surface area contributed by atoms with Gasteiger partial charge in [0.15, 0.2) is 0 Å². The van der Waals surface area contributed by atoms with Gasteiger partial charge in [0.1, 0.15) is 12.2 Å². The fraction of sp³-hybridized carbons (Fsp3) is 0.731. The Morgan fingerprint density at radius 1 is 1.19 bits per heavy atom. The fourth-order valence-corrected chi connectivity index (χ4v) is 5.09. The van der Waals surface area contributed by atoms with Crippen molar-refractivity contribution >= 4 is 5.91 Å². The number of carbonyl (C=O) groups excluding carboxylic acids is 1. The van der Waals surface area contributed by atoms with E-state index in [0.29, 0.717) is 45.9 Å². The Hall–Kier alpha value is -1.47. The zero-order chi connectivity index (χ0) is 22.6. The molecule has 32 heavy (non-hydrogen) atoms. The van der Waals surface area contributed by atoms with Crippen LogP contribution in [0.2, 0.25) is 0 Å². The molecule has 6 heteroatoms. The second-order valence-corrected chi connectivity index (χ2v) is 9.34. The van der Waals surface area contributed by atoms with Gasteiger partial charge in [-0.25, -0.2) is 0 Å². The molecule has 1 saturated carbocycles. The third-order valence-electron chi connectivity index (χ3n) is 6.89. The standard InChI is InChI=1S/C26H42N2O4/c1-30-14-8-15-32-26(23-11-6-3-7-12-23)24-20-28(13-16-31-24)25(29)18-22(19-27)17-21-9-4-2-5-10-21/h3,6-7,11-12,21-22,24,26H,2,4-5,8-10,13-20,27H2,1H3/t22-,24-,26+/m1/s1. The first-order chi connectivity index (χ1) is 15.7. The average Bonchev–Trinajstić information content (AvgIpc) is 2.85. The molecule has 3 atom stereocenters. The highest BCUT2D eigenvalue weighted by atomic mass is 16.5. The molecule has 6 nitrogen and oxygen atoms in total. The summed E-state index contributed by atoms with van der Waals surface area (Å²) in [6.07, 6.45) is 8.69. The van der Waals surface area contributed by atoms with Crippen molar-refractivity contribution in [3.8, 4) is 0 Å². The zero-order valence-electron chi connectivity index (χ0n) is 19.8. The van der Waals surface area contributed by atoms with Crippen LogP contribution in [0.5, 0.6) is 0 Å².